The maximum atomic E-state index is 12.8. The monoisotopic (exact) mass is 463 g/mol. The van der Waals surface area contributed by atoms with Crippen molar-refractivity contribution in [2.45, 2.75) is 26.3 Å². The quantitative estimate of drug-likeness (QED) is 0.429. The molecule has 174 valence electrons. The van der Waals surface area contributed by atoms with Crippen LogP contribution in [0.3, 0.4) is 0 Å². The molecule has 1 N–H and O–H groups in total. The van der Waals surface area contributed by atoms with Crippen molar-refractivity contribution in [1.82, 2.24) is 5.43 Å². The predicted molar refractivity (Wildman–Crippen MR) is 124 cm³/mol. The lowest BCUT2D eigenvalue weighted by molar-refractivity contribution is -0.121. The van der Waals surface area contributed by atoms with Gasteiger partial charge in [0.05, 0.1) is 39.0 Å². The molecule has 0 aliphatic rings. The Balaban J connectivity index is 2.28. The molecular weight excluding hydrogens is 434 g/mol. The number of sulfonamides is 1. The molecule has 0 unspecified atom stereocenters. The van der Waals surface area contributed by atoms with Crippen LogP contribution >= 0.6 is 0 Å². The third-order valence-corrected chi connectivity index (χ3v) is 6.01. The molecule has 9 nitrogen and oxygen atoms in total. The Kier molecular flexibility index (Phi) is 8.48. The molecule has 0 aliphatic carbocycles. The van der Waals surface area contributed by atoms with Gasteiger partial charge in [-0.3, -0.25) is 9.10 Å². The highest BCUT2D eigenvalue weighted by Gasteiger charge is 2.29. The summed E-state index contributed by atoms with van der Waals surface area (Å²) in [6.07, 6.45) is 1.57. The highest BCUT2D eigenvalue weighted by atomic mass is 32.2. The number of nitrogens with zero attached hydrogens (tertiary/aromatic N) is 2. The molecule has 2 aromatic rings. The van der Waals surface area contributed by atoms with E-state index in [1.165, 1.54) is 21.1 Å². The number of carbonyl (C=O) groups is 1. The summed E-state index contributed by atoms with van der Waals surface area (Å²) >= 11 is 0. The molecule has 1 amide bonds. The van der Waals surface area contributed by atoms with Crippen molar-refractivity contribution in [2.24, 2.45) is 5.10 Å². The molecule has 0 heterocycles. The number of hydrazone groups is 1. The summed E-state index contributed by atoms with van der Waals surface area (Å²) in [5.74, 6) is 1.12. The molecule has 0 spiro atoms. The van der Waals surface area contributed by atoms with Crippen LogP contribution in [0.4, 0.5) is 5.69 Å². The predicted octanol–water partition coefficient (Wildman–Crippen LogP) is 2.80. The fourth-order valence-corrected chi connectivity index (χ4v) is 4.29. The number of nitrogens with one attached hydrogen (secondary N) is 1. The van der Waals surface area contributed by atoms with Gasteiger partial charge >= 0.3 is 0 Å². The first-order valence-electron chi connectivity index (χ1n) is 9.88. The first kappa shape index (κ1) is 25.0. The van der Waals surface area contributed by atoms with E-state index in [0.29, 0.717) is 35.1 Å². The van der Waals surface area contributed by atoms with E-state index in [-0.39, 0.29) is 0 Å². The van der Waals surface area contributed by atoms with Gasteiger partial charge in [-0.05, 0) is 55.8 Å². The number of hydrogen-bond acceptors (Lipinski definition) is 7. The van der Waals surface area contributed by atoms with Crippen LogP contribution in [-0.4, -0.2) is 53.7 Å². The molecule has 2 rings (SSSR count). The minimum Gasteiger partial charge on any atom is -0.497 e. The molecule has 0 saturated carbocycles. The van der Waals surface area contributed by atoms with Crippen molar-refractivity contribution in [3.8, 4) is 17.2 Å². The van der Waals surface area contributed by atoms with E-state index in [2.05, 4.69) is 10.5 Å². The number of methoxy groups -OCH3 is 3. The number of rotatable bonds is 10. The van der Waals surface area contributed by atoms with Crippen LogP contribution in [0.15, 0.2) is 47.6 Å². The number of carbonyl (C=O) groups excluding carboxylic acids is 1. The SMILES string of the molecule is CC/C(=N/NC(=O)[C@@H](C)N(c1ccc(OC)cc1)S(C)(=O)=O)c1ccc(OC)c(OC)c1. The van der Waals surface area contributed by atoms with E-state index in [9.17, 15) is 13.2 Å². The number of anilines is 1. The van der Waals surface area contributed by atoms with Crippen molar-refractivity contribution < 1.29 is 27.4 Å². The summed E-state index contributed by atoms with van der Waals surface area (Å²) in [4.78, 5) is 12.8. The molecular formula is C22H29N3O6S. The van der Waals surface area contributed by atoms with Crippen molar-refractivity contribution in [3.05, 3.63) is 48.0 Å². The minimum absolute atomic E-state index is 0.343. The summed E-state index contributed by atoms with van der Waals surface area (Å²) in [6.45, 7) is 3.39. The zero-order valence-corrected chi connectivity index (χ0v) is 19.9. The number of hydrogen-bond donors (Lipinski definition) is 1. The lowest BCUT2D eigenvalue weighted by Gasteiger charge is -2.27. The second kappa shape index (κ2) is 10.9. The van der Waals surface area contributed by atoms with Crippen molar-refractivity contribution >= 4 is 27.3 Å². The van der Waals surface area contributed by atoms with Gasteiger partial charge in [-0.15, -0.1) is 0 Å². The second-order valence-electron chi connectivity index (χ2n) is 6.89. The Morgan fingerprint density at radius 3 is 2.16 bits per heavy atom. The van der Waals surface area contributed by atoms with Gasteiger partial charge in [0, 0.05) is 5.56 Å². The lowest BCUT2D eigenvalue weighted by atomic mass is 10.1. The van der Waals surface area contributed by atoms with Gasteiger partial charge in [-0.1, -0.05) is 6.92 Å². The Morgan fingerprint density at radius 2 is 1.66 bits per heavy atom. The maximum Gasteiger partial charge on any atom is 0.263 e. The molecule has 0 fully saturated rings. The zero-order valence-electron chi connectivity index (χ0n) is 19.1. The highest BCUT2D eigenvalue weighted by Crippen LogP contribution is 2.28. The molecule has 2 aromatic carbocycles. The van der Waals surface area contributed by atoms with Gasteiger partial charge in [0.25, 0.3) is 5.91 Å². The van der Waals surface area contributed by atoms with Crippen LogP contribution < -0.4 is 23.9 Å². The first-order chi connectivity index (χ1) is 15.2. The maximum absolute atomic E-state index is 12.8. The van der Waals surface area contributed by atoms with E-state index >= 15 is 0 Å². The summed E-state index contributed by atoms with van der Waals surface area (Å²) in [6, 6.07) is 10.7. The molecule has 0 saturated heterocycles. The summed E-state index contributed by atoms with van der Waals surface area (Å²) < 4.78 is 41.6. The Bertz CT molecular complexity index is 1070. The Morgan fingerprint density at radius 1 is 1.03 bits per heavy atom. The molecule has 32 heavy (non-hydrogen) atoms. The number of benzene rings is 2. The van der Waals surface area contributed by atoms with Gasteiger partial charge in [0.2, 0.25) is 10.0 Å². The van der Waals surface area contributed by atoms with E-state index < -0.39 is 22.0 Å². The molecule has 0 aliphatic heterocycles. The van der Waals surface area contributed by atoms with E-state index in [1.54, 1.807) is 49.6 Å². The molecule has 1 atom stereocenters. The standard InChI is InChI=1S/C22H29N3O6S/c1-7-19(16-8-13-20(30-4)21(14-16)31-5)23-24-22(26)15(2)25(32(6,27)28)17-9-11-18(29-3)12-10-17/h8-15H,7H2,1-6H3,(H,24,26)/b23-19-/t15-/m1/s1. The number of amides is 1. The largest absolute Gasteiger partial charge is 0.497 e. The van der Waals surface area contributed by atoms with Crippen LogP contribution in [0.1, 0.15) is 25.8 Å². The molecule has 0 aromatic heterocycles. The van der Waals surface area contributed by atoms with Crippen LogP contribution in [0.2, 0.25) is 0 Å². The fourth-order valence-electron chi connectivity index (χ4n) is 3.12. The van der Waals surface area contributed by atoms with Crippen LogP contribution in [0.25, 0.3) is 0 Å². The molecule has 0 radical (unpaired) electrons. The van der Waals surface area contributed by atoms with Crippen LogP contribution in [0, 0.1) is 0 Å². The van der Waals surface area contributed by atoms with E-state index in [1.807, 2.05) is 6.92 Å². The third-order valence-electron chi connectivity index (χ3n) is 4.77. The average Bonchev–Trinajstić information content (AvgIpc) is 2.78. The Labute approximate surface area is 189 Å². The van der Waals surface area contributed by atoms with Crippen LogP contribution in [-0.2, 0) is 14.8 Å². The summed E-state index contributed by atoms with van der Waals surface area (Å²) in [5.41, 5.74) is 4.17. The smallest absolute Gasteiger partial charge is 0.263 e. The van der Waals surface area contributed by atoms with Gasteiger partial charge in [0.1, 0.15) is 11.8 Å². The van der Waals surface area contributed by atoms with Gasteiger partial charge in [-0.2, -0.15) is 5.10 Å². The van der Waals surface area contributed by atoms with Crippen molar-refractivity contribution in [3.63, 3.8) is 0 Å². The minimum atomic E-state index is -3.74. The normalized spacial score (nSPS) is 12.6. The number of ether oxygens (including phenoxy) is 3. The molecule has 10 heteroatoms. The summed E-state index contributed by atoms with van der Waals surface area (Å²) in [5, 5.41) is 4.23. The van der Waals surface area contributed by atoms with E-state index in [0.717, 1.165) is 16.1 Å². The second-order valence-corrected chi connectivity index (χ2v) is 8.75. The first-order valence-corrected chi connectivity index (χ1v) is 11.7. The fraction of sp³-hybridized carbons (Fsp3) is 0.364. The average molecular weight is 464 g/mol. The van der Waals surface area contributed by atoms with Crippen LogP contribution in [0.5, 0.6) is 17.2 Å². The van der Waals surface area contributed by atoms with Gasteiger partial charge < -0.3 is 14.2 Å². The Hall–Kier alpha value is -3.27. The van der Waals surface area contributed by atoms with Crippen molar-refractivity contribution in [2.75, 3.05) is 31.9 Å². The third kappa shape index (κ3) is 5.91. The zero-order chi connectivity index (χ0) is 23.9. The highest BCUT2D eigenvalue weighted by molar-refractivity contribution is 7.92. The van der Waals surface area contributed by atoms with Gasteiger partial charge in [0.15, 0.2) is 11.5 Å². The van der Waals surface area contributed by atoms with Crippen molar-refractivity contribution in [1.29, 1.82) is 0 Å². The van der Waals surface area contributed by atoms with Gasteiger partial charge in [-0.25, -0.2) is 13.8 Å². The molecule has 0 bridgehead atoms. The lowest BCUT2D eigenvalue weighted by Crippen LogP contribution is -2.47. The van der Waals surface area contributed by atoms with E-state index in [4.69, 9.17) is 14.2 Å². The summed E-state index contributed by atoms with van der Waals surface area (Å²) in [7, 11) is 0.853. The topological polar surface area (TPSA) is 107 Å².